The molecule has 2 aromatic heterocycles. The molecular weight excluding hydrogens is 208 g/mol. The highest BCUT2D eigenvalue weighted by Crippen LogP contribution is 2.15. The summed E-state index contributed by atoms with van der Waals surface area (Å²) in [5.41, 5.74) is 6.52. The van der Waals surface area contributed by atoms with E-state index in [1.807, 2.05) is 17.5 Å². The van der Waals surface area contributed by atoms with Crippen molar-refractivity contribution in [1.82, 2.24) is 4.98 Å². The third-order valence-corrected chi connectivity index (χ3v) is 2.95. The lowest BCUT2D eigenvalue weighted by Gasteiger charge is -2.03. The van der Waals surface area contributed by atoms with Crippen molar-refractivity contribution in [3.05, 3.63) is 52.0 Å². The lowest BCUT2D eigenvalue weighted by Crippen LogP contribution is -2.14. The first-order chi connectivity index (χ1) is 7.27. The molecule has 0 aliphatic rings. The van der Waals surface area contributed by atoms with Crippen LogP contribution < -0.4 is 5.73 Å². The van der Waals surface area contributed by atoms with Crippen molar-refractivity contribution in [1.29, 1.82) is 0 Å². The number of hydrogen-bond donors (Lipinski definition) is 1. The molecule has 15 heavy (non-hydrogen) atoms. The first-order valence-corrected chi connectivity index (χ1v) is 5.41. The zero-order chi connectivity index (χ0) is 10.7. The van der Waals surface area contributed by atoms with Crippen molar-refractivity contribution in [3.63, 3.8) is 0 Å². The van der Waals surface area contributed by atoms with Gasteiger partial charge in [-0.2, -0.15) is 0 Å². The molecule has 1 amide bonds. The number of amides is 1. The summed E-state index contributed by atoms with van der Waals surface area (Å²) >= 11 is 1.65. The molecule has 0 unspecified atom stereocenters. The normalized spacial score (nSPS) is 10.1. The molecule has 0 spiro atoms. The molecule has 0 atom stereocenters. The number of nitrogens with two attached hydrogens (primary N) is 1. The minimum Gasteiger partial charge on any atom is -0.366 e. The lowest BCUT2D eigenvalue weighted by atomic mass is 10.1. The summed E-state index contributed by atoms with van der Waals surface area (Å²) in [5, 5.41) is 2.00. The van der Waals surface area contributed by atoms with Crippen LogP contribution >= 0.6 is 11.3 Å². The van der Waals surface area contributed by atoms with E-state index >= 15 is 0 Å². The van der Waals surface area contributed by atoms with E-state index in [4.69, 9.17) is 5.73 Å². The first-order valence-electron chi connectivity index (χ1n) is 4.53. The van der Waals surface area contributed by atoms with Gasteiger partial charge in [0, 0.05) is 17.5 Å². The number of pyridine rings is 1. The van der Waals surface area contributed by atoms with Crippen LogP contribution in [0.3, 0.4) is 0 Å². The smallest absolute Gasteiger partial charge is 0.250 e. The van der Waals surface area contributed by atoms with E-state index in [1.54, 1.807) is 29.7 Å². The van der Waals surface area contributed by atoms with E-state index in [-0.39, 0.29) is 0 Å². The van der Waals surface area contributed by atoms with Crippen LogP contribution in [0.15, 0.2) is 35.8 Å². The molecular formula is C11H10N2OS. The van der Waals surface area contributed by atoms with Crippen LogP contribution in [-0.2, 0) is 6.42 Å². The predicted molar refractivity (Wildman–Crippen MR) is 59.9 cm³/mol. The highest BCUT2D eigenvalue weighted by atomic mass is 32.1. The van der Waals surface area contributed by atoms with Crippen LogP contribution in [-0.4, -0.2) is 10.9 Å². The van der Waals surface area contributed by atoms with Gasteiger partial charge in [-0.25, -0.2) is 0 Å². The Balaban J connectivity index is 2.32. The molecule has 0 saturated carbocycles. The van der Waals surface area contributed by atoms with Crippen molar-refractivity contribution in [2.75, 3.05) is 0 Å². The van der Waals surface area contributed by atoms with Gasteiger partial charge in [-0.1, -0.05) is 6.07 Å². The van der Waals surface area contributed by atoms with Crippen LogP contribution in [0.25, 0.3) is 0 Å². The molecule has 0 aliphatic carbocycles. The van der Waals surface area contributed by atoms with Gasteiger partial charge in [0.25, 0.3) is 5.91 Å². The second-order valence-electron chi connectivity index (χ2n) is 3.12. The fourth-order valence-electron chi connectivity index (χ4n) is 1.38. The zero-order valence-electron chi connectivity index (χ0n) is 8.01. The Hall–Kier alpha value is -1.68. The fraction of sp³-hybridized carbons (Fsp3) is 0.0909. The second-order valence-corrected chi connectivity index (χ2v) is 4.15. The van der Waals surface area contributed by atoms with E-state index in [0.29, 0.717) is 12.0 Å². The molecule has 3 nitrogen and oxygen atoms in total. The summed E-state index contributed by atoms with van der Waals surface area (Å²) in [6.07, 6.45) is 2.34. The highest BCUT2D eigenvalue weighted by molar-refractivity contribution is 7.09. The number of primary amides is 1. The van der Waals surface area contributed by atoms with Crippen molar-refractivity contribution in [2.24, 2.45) is 5.73 Å². The van der Waals surface area contributed by atoms with Crippen molar-refractivity contribution < 1.29 is 4.79 Å². The quantitative estimate of drug-likeness (QED) is 0.854. The second kappa shape index (κ2) is 4.23. The van der Waals surface area contributed by atoms with E-state index in [1.165, 1.54) is 4.88 Å². The SMILES string of the molecule is NC(=O)c1cccnc1Cc1cccs1. The Morgan fingerprint density at radius 3 is 2.93 bits per heavy atom. The molecule has 0 fully saturated rings. The minimum atomic E-state index is -0.422. The monoisotopic (exact) mass is 218 g/mol. The average molecular weight is 218 g/mol. The number of thiophene rings is 1. The van der Waals surface area contributed by atoms with Crippen LogP contribution in [0.5, 0.6) is 0 Å². The lowest BCUT2D eigenvalue weighted by molar-refractivity contribution is 0.0999. The molecule has 0 radical (unpaired) electrons. The number of carbonyl (C=O) groups is 1. The van der Waals surface area contributed by atoms with Crippen LogP contribution in [0.1, 0.15) is 20.9 Å². The van der Waals surface area contributed by atoms with Gasteiger partial charge >= 0.3 is 0 Å². The maximum absolute atomic E-state index is 11.1. The summed E-state index contributed by atoms with van der Waals surface area (Å²) in [4.78, 5) is 16.5. The largest absolute Gasteiger partial charge is 0.366 e. The molecule has 0 bridgehead atoms. The summed E-state index contributed by atoms with van der Waals surface area (Å²) in [6.45, 7) is 0. The van der Waals surface area contributed by atoms with Gasteiger partial charge in [-0.05, 0) is 23.6 Å². The van der Waals surface area contributed by atoms with Crippen LogP contribution in [0.4, 0.5) is 0 Å². The van der Waals surface area contributed by atoms with Gasteiger partial charge in [0.15, 0.2) is 0 Å². The van der Waals surface area contributed by atoms with Gasteiger partial charge in [0.1, 0.15) is 0 Å². The Bertz CT molecular complexity index is 465. The van der Waals surface area contributed by atoms with E-state index in [2.05, 4.69) is 4.98 Å². The maximum atomic E-state index is 11.1. The molecule has 4 heteroatoms. The van der Waals surface area contributed by atoms with Crippen molar-refractivity contribution >= 4 is 17.2 Å². The molecule has 0 aliphatic heterocycles. The van der Waals surface area contributed by atoms with Gasteiger partial charge < -0.3 is 5.73 Å². The molecule has 2 heterocycles. The topological polar surface area (TPSA) is 56.0 Å². The van der Waals surface area contributed by atoms with Gasteiger partial charge in [-0.3, -0.25) is 9.78 Å². The Labute approximate surface area is 91.6 Å². The number of hydrogen-bond acceptors (Lipinski definition) is 3. The number of aromatic nitrogens is 1. The Morgan fingerprint density at radius 2 is 2.27 bits per heavy atom. The van der Waals surface area contributed by atoms with Crippen LogP contribution in [0.2, 0.25) is 0 Å². The fourth-order valence-corrected chi connectivity index (χ4v) is 2.09. The number of carbonyl (C=O) groups excluding carboxylic acids is 1. The summed E-state index contributed by atoms with van der Waals surface area (Å²) in [7, 11) is 0. The standard InChI is InChI=1S/C11H10N2OS/c12-11(14)9-4-1-5-13-10(9)7-8-3-2-6-15-8/h1-6H,7H2,(H2,12,14). The summed E-state index contributed by atoms with van der Waals surface area (Å²) in [6, 6.07) is 7.42. The van der Waals surface area contributed by atoms with Gasteiger partial charge in [0.05, 0.1) is 11.3 Å². The highest BCUT2D eigenvalue weighted by Gasteiger charge is 2.09. The van der Waals surface area contributed by atoms with Crippen molar-refractivity contribution in [2.45, 2.75) is 6.42 Å². The molecule has 2 N–H and O–H groups in total. The number of rotatable bonds is 3. The minimum absolute atomic E-state index is 0.422. The van der Waals surface area contributed by atoms with Gasteiger partial charge in [0.2, 0.25) is 0 Å². The average Bonchev–Trinajstić information content (AvgIpc) is 2.71. The summed E-state index contributed by atoms with van der Waals surface area (Å²) < 4.78 is 0. The Kier molecular flexibility index (Phi) is 2.78. The van der Waals surface area contributed by atoms with E-state index < -0.39 is 5.91 Å². The summed E-state index contributed by atoms with van der Waals surface area (Å²) in [5.74, 6) is -0.422. The van der Waals surface area contributed by atoms with E-state index in [9.17, 15) is 4.79 Å². The Morgan fingerprint density at radius 1 is 1.40 bits per heavy atom. The van der Waals surface area contributed by atoms with Gasteiger partial charge in [-0.15, -0.1) is 11.3 Å². The predicted octanol–water partition coefficient (Wildman–Crippen LogP) is 1.83. The maximum Gasteiger partial charge on any atom is 0.250 e. The third kappa shape index (κ3) is 2.22. The first kappa shape index (κ1) is 9.86. The zero-order valence-corrected chi connectivity index (χ0v) is 8.83. The van der Waals surface area contributed by atoms with Crippen LogP contribution in [0, 0.1) is 0 Å². The van der Waals surface area contributed by atoms with E-state index in [0.717, 1.165) is 5.69 Å². The molecule has 2 rings (SSSR count). The third-order valence-electron chi connectivity index (χ3n) is 2.08. The molecule has 2 aromatic rings. The molecule has 0 saturated heterocycles. The van der Waals surface area contributed by atoms with Crippen molar-refractivity contribution in [3.8, 4) is 0 Å². The molecule has 0 aromatic carbocycles. The molecule has 76 valence electrons. The number of nitrogens with zero attached hydrogens (tertiary/aromatic N) is 1.